The van der Waals surface area contributed by atoms with Gasteiger partial charge in [-0.2, -0.15) is 0 Å². The molecule has 0 atom stereocenters. The Morgan fingerprint density at radius 2 is 1.88 bits per heavy atom. The van der Waals surface area contributed by atoms with E-state index in [1.807, 2.05) is 19.9 Å². The van der Waals surface area contributed by atoms with Gasteiger partial charge in [-0.1, -0.05) is 48.0 Å². The van der Waals surface area contributed by atoms with E-state index in [-0.39, 0.29) is 17.2 Å². The smallest absolute Gasteiger partial charge is 0.222 e. The van der Waals surface area contributed by atoms with Crippen LogP contribution < -0.4 is 16.0 Å². The first-order chi connectivity index (χ1) is 12.0. The lowest BCUT2D eigenvalue weighted by Crippen LogP contribution is -2.42. The first-order valence-electron chi connectivity index (χ1n) is 9.03. The van der Waals surface area contributed by atoms with E-state index < -0.39 is 0 Å². The Morgan fingerprint density at radius 1 is 1.20 bits per heavy atom. The van der Waals surface area contributed by atoms with Gasteiger partial charge in [0.2, 0.25) is 5.91 Å². The zero-order chi connectivity index (χ0) is 18.3. The van der Waals surface area contributed by atoms with Crippen molar-refractivity contribution < 1.29 is 4.79 Å². The quantitative estimate of drug-likeness (QED) is 0.352. The van der Waals surface area contributed by atoms with Crippen molar-refractivity contribution in [2.45, 2.75) is 39.0 Å². The molecule has 1 fully saturated rings. The summed E-state index contributed by atoms with van der Waals surface area (Å²) in [5.74, 6) is 0.898. The minimum absolute atomic E-state index is 0.0148. The summed E-state index contributed by atoms with van der Waals surface area (Å²) in [6.07, 6.45) is 2.34. The summed E-state index contributed by atoms with van der Waals surface area (Å²) in [5.41, 5.74) is 1.51. The monoisotopic (exact) mass is 408 g/mol. The van der Waals surface area contributed by atoms with Crippen LogP contribution in [-0.2, 0) is 10.2 Å². The number of nitrogens with one attached hydrogen (secondary N) is 3. The molecule has 1 aliphatic carbocycles. The van der Waals surface area contributed by atoms with E-state index in [2.05, 4.69) is 57.0 Å². The van der Waals surface area contributed by atoms with Gasteiger partial charge in [-0.25, -0.2) is 0 Å². The zero-order valence-corrected chi connectivity index (χ0v) is 16.9. The number of amides is 1. The van der Waals surface area contributed by atoms with Gasteiger partial charge in [0.1, 0.15) is 0 Å². The highest BCUT2D eigenvalue weighted by Gasteiger charge is 2.45. The molecular weight excluding hydrogens is 380 g/mol. The maximum Gasteiger partial charge on any atom is 0.222 e. The van der Waals surface area contributed by atoms with Gasteiger partial charge in [-0.05, 0) is 31.4 Å². The average molecular weight is 409 g/mol. The Balaban J connectivity index is 1.89. The van der Waals surface area contributed by atoms with E-state index in [1.165, 1.54) is 18.4 Å². The summed E-state index contributed by atoms with van der Waals surface area (Å²) in [7, 11) is 0. The van der Waals surface area contributed by atoms with Crippen molar-refractivity contribution in [2.24, 2.45) is 10.9 Å². The third-order valence-corrected chi connectivity index (χ3v) is 5.12. The molecular formula is C19H29BrN4O. The summed E-state index contributed by atoms with van der Waals surface area (Å²) in [6, 6.07) is 8.42. The minimum atomic E-state index is 0.0148. The molecule has 0 aliphatic heterocycles. The fraction of sp³-hybridized carbons (Fsp3) is 0.579. The van der Waals surface area contributed by atoms with E-state index in [1.54, 1.807) is 0 Å². The van der Waals surface area contributed by atoms with Crippen LogP contribution in [0.5, 0.6) is 0 Å². The second-order valence-corrected chi connectivity index (χ2v) is 7.68. The van der Waals surface area contributed by atoms with Crippen LogP contribution in [0.3, 0.4) is 0 Å². The topological polar surface area (TPSA) is 65.5 Å². The van der Waals surface area contributed by atoms with Crippen molar-refractivity contribution in [3.63, 3.8) is 0 Å². The number of halogens is 1. The molecule has 2 rings (SSSR count). The van der Waals surface area contributed by atoms with Gasteiger partial charge in [0, 0.05) is 35.4 Å². The predicted octanol–water partition coefficient (Wildman–Crippen LogP) is 2.81. The Bertz CT molecular complexity index is 611. The lowest BCUT2D eigenvalue weighted by Gasteiger charge is -2.17. The number of rotatable bonds is 8. The molecule has 1 aliphatic rings. The highest BCUT2D eigenvalue weighted by molar-refractivity contribution is 9.10. The van der Waals surface area contributed by atoms with Crippen molar-refractivity contribution in [3.05, 3.63) is 34.3 Å². The van der Waals surface area contributed by atoms with Crippen molar-refractivity contribution >= 4 is 27.8 Å². The lowest BCUT2D eigenvalue weighted by atomic mass is 9.96. The van der Waals surface area contributed by atoms with E-state index in [4.69, 9.17) is 4.99 Å². The highest BCUT2D eigenvalue weighted by Crippen LogP contribution is 2.50. The molecule has 0 unspecified atom stereocenters. The summed E-state index contributed by atoms with van der Waals surface area (Å²) >= 11 is 3.67. The van der Waals surface area contributed by atoms with Crippen LogP contribution in [0.1, 0.15) is 39.2 Å². The summed E-state index contributed by atoms with van der Waals surface area (Å²) in [6.45, 7) is 8.67. The SMILES string of the molecule is CCNC(=NCC1(c2ccccc2Br)CC1)NCCNC(=O)C(C)C. The molecule has 0 heterocycles. The molecule has 0 spiro atoms. The molecule has 1 aromatic rings. The number of hydrogen-bond donors (Lipinski definition) is 3. The van der Waals surface area contributed by atoms with Crippen LogP contribution in [0.15, 0.2) is 33.7 Å². The summed E-state index contributed by atoms with van der Waals surface area (Å²) < 4.78 is 1.16. The maximum absolute atomic E-state index is 11.6. The van der Waals surface area contributed by atoms with E-state index in [0.29, 0.717) is 13.1 Å². The third kappa shape index (κ3) is 5.73. The Kier molecular flexibility index (Phi) is 7.29. The normalized spacial score (nSPS) is 15.8. The number of nitrogens with zero attached hydrogens (tertiary/aromatic N) is 1. The van der Waals surface area contributed by atoms with Crippen LogP contribution >= 0.6 is 15.9 Å². The van der Waals surface area contributed by atoms with Gasteiger partial charge in [0.05, 0.1) is 6.54 Å². The molecule has 25 heavy (non-hydrogen) atoms. The Morgan fingerprint density at radius 3 is 2.48 bits per heavy atom. The van der Waals surface area contributed by atoms with Crippen molar-refractivity contribution in [3.8, 4) is 0 Å². The van der Waals surface area contributed by atoms with Crippen LogP contribution in [0.25, 0.3) is 0 Å². The first-order valence-corrected chi connectivity index (χ1v) is 9.83. The molecule has 1 aromatic carbocycles. The van der Waals surface area contributed by atoms with Crippen molar-refractivity contribution in [2.75, 3.05) is 26.2 Å². The Hall–Kier alpha value is -1.56. The number of guanidine groups is 1. The first kappa shape index (κ1) is 19.8. The second kappa shape index (κ2) is 9.22. The van der Waals surface area contributed by atoms with Crippen LogP contribution in [0.2, 0.25) is 0 Å². The van der Waals surface area contributed by atoms with Gasteiger partial charge in [0.25, 0.3) is 0 Å². The van der Waals surface area contributed by atoms with E-state index >= 15 is 0 Å². The van der Waals surface area contributed by atoms with Gasteiger partial charge < -0.3 is 16.0 Å². The minimum Gasteiger partial charge on any atom is -0.357 e. The van der Waals surface area contributed by atoms with Crippen molar-refractivity contribution in [1.82, 2.24) is 16.0 Å². The lowest BCUT2D eigenvalue weighted by molar-refractivity contribution is -0.123. The number of hydrogen-bond acceptors (Lipinski definition) is 2. The molecule has 3 N–H and O–H groups in total. The van der Waals surface area contributed by atoms with Crippen LogP contribution in [0, 0.1) is 5.92 Å². The largest absolute Gasteiger partial charge is 0.357 e. The summed E-state index contributed by atoms with van der Waals surface area (Å²) in [4.78, 5) is 16.4. The maximum atomic E-state index is 11.6. The molecule has 0 radical (unpaired) electrons. The fourth-order valence-corrected chi connectivity index (χ4v) is 3.40. The molecule has 5 nitrogen and oxygen atoms in total. The number of aliphatic imine (C=N–C) groups is 1. The molecule has 0 bridgehead atoms. The number of carbonyl (C=O) groups is 1. The van der Waals surface area contributed by atoms with Crippen LogP contribution in [0.4, 0.5) is 0 Å². The second-order valence-electron chi connectivity index (χ2n) is 6.83. The molecule has 1 amide bonds. The molecule has 0 saturated heterocycles. The van der Waals surface area contributed by atoms with Gasteiger partial charge in [-0.15, -0.1) is 0 Å². The molecule has 1 saturated carbocycles. The van der Waals surface area contributed by atoms with Crippen LogP contribution in [-0.4, -0.2) is 38.0 Å². The highest BCUT2D eigenvalue weighted by atomic mass is 79.9. The van der Waals surface area contributed by atoms with E-state index in [0.717, 1.165) is 23.5 Å². The third-order valence-electron chi connectivity index (χ3n) is 4.42. The van der Waals surface area contributed by atoms with Gasteiger partial charge in [-0.3, -0.25) is 9.79 Å². The van der Waals surface area contributed by atoms with Gasteiger partial charge >= 0.3 is 0 Å². The fourth-order valence-electron chi connectivity index (χ4n) is 2.70. The van der Waals surface area contributed by atoms with E-state index in [9.17, 15) is 4.79 Å². The van der Waals surface area contributed by atoms with Gasteiger partial charge in [0.15, 0.2) is 5.96 Å². The molecule has 6 heteroatoms. The standard InChI is InChI=1S/C19H29BrN4O/c1-4-21-18(23-12-11-22-17(25)14(2)3)24-13-19(9-10-19)15-7-5-6-8-16(15)20/h5-8,14H,4,9-13H2,1-3H3,(H,22,25)(H2,21,23,24). The predicted molar refractivity (Wildman–Crippen MR) is 107 cm³/mol. The Labute approximate surface area is 159 Å². The van der Waals surface area contributed by atoms with Crippen molar-refractivity contribution in [1.29, 1.82) is 0 Å². The average Bonchev–Trinajstić information content (AvgIpc) is 3.37. The molecule has 138 valence electrons. The number of benzene rings is 1. The number of carbonyl (C=O) groups excluding carboxylic acids is 1. The summed E-state index contributed by atoms with van der Waals surface area (Å²) in [5, 5.41) is 9.48. The zero-order valence-electron chi connectivity index (χ0n) is 15.4. The molecule has 0 aromatic heterocycles.